The number of ether oxygens (including phenoxy) is 1. The van der Waals surface area contributed by atoms with Crippen LogP contribution in [0.15, 0.2) is 49.1 Å². The number of carbonyl (C=O) groups excluding carboxylic acids is 1. The molecule has 0 radical (unpaired) electrons. The first-order chi connectivity index (χ1) is 19.1. The standard InChI is InChI=1S/C32H39ClN2O5/c1-4-28(36)24-10-7-22(24)17-35-18-32(13-5-6-21-14-23(33)9-11-26(21)32)19-40-29-12-8-20(15-27(29)35)25(31(38)39)16-30(37)34(2)3/h4,8-9,11-12,14-15,22,24-25,28,36H,1,5-7,10,13,16-19H2,2-3H3,(H,38,39)/t22-,24+,25-,28-,32-/m0/s1. The summed E-state index contributed by atoms with van der Waals surface area (Å²) in [5.74, 6) is -1.09. The number of anilines is 1. The summed E-state index contributed by atoms with van der Waals surface area (Å²) in [5.41, 5.74) is 3.69. The maximum atomic E-state index is 12.5. The highest BCUT2D eigenvalue weighted by atomic mass is 35.5. The van der Waals surface area contributed by atoms with Crippen molar-refractivity contribution in [2.75, 3.05) is 38.7 Å². The van der Waals surface area contributed by atoms with Gasteiger partial charge >= 0.3 is 5.97 Å². The Morgan fingerprint density at radius 1 is 1.25 bits per heavy atom. The van der Waals surface area contributed by atoms with E-state index in [2.05, 4.69) is 23.6 Å². The molecule has 0 saturated heterocycles. The molecular weight excluding hydrogens is 528 g/mol. The normalized spacial score (nSPS) is 24.9. The zero-order valence-corrected chi connectivity index (χ0v) is 24.1. The minimum atomic E-state index is -1.03. The van der Waals surface area contributed by atoms with E-state index < -0.39 is 18.0 Å². The molecule has 1 aliphatic heterocycles. The Morgan fingerprint density at radius 2 is 2.05 bits per heavy atom. The van der Waals surface area contributed by atoms with Crippen LogP contribution in [0.4, 0.5) is 5.69 Å². The second-order valence-electron chi connectivity index (χ2n) is 11.9. The second-order valence-corrected chi connectivity index (χ2v) is 12.4. The number of hydrogen-bond acceptors (Lipinski definition) is 5. The fourth-order valence-corrected chi connectivity index (χ4v) is 6.98. The Kier molecular flexibility index (Phi) is 8.16. The number of benzene rings is 2. The highest BCUT2D eigenvalue weighted by molar-refractivity contribution is 6.30. The van der Waals surface area contributed by atoms with Gasteiger partial charge in [0.05, 0.1) is 24.3 Å². The summed E-state index contributed by atoms with van der Waals surface area (Å²) in [6, 6.07) is 11.7. The predicted molar refractivity (Wildman–Crippen MR) is 156 cm³/mol. The van der Waals surface area contributed by atoms with Gasteiger partial charge in [-0.3, -0.25) is 9.59 Å². The lowest BCUT2D eigenvalue weighted by Gasteiger charge is -2.45. The number of aliphatic carboxylic acids is 1. The molecule has 8 heteroatoms. The number of aryl methyl sites for hydroxylation is 1. The highest BCUT2D eigenvalue weighted by Crippen LogP contribution is 2.47. The van der Waals surface area contributed by atoms with Crippen molar-refractivity contribution < 1.29 is 24.5 Å². The largest absolute Gasteiger partial charge is 0.490 e. The number of halogens is 1. The van der Waals surface area contributed by atoms with Gasteiger partial charge in [0, 0.05) is 44.0 Å². The molecule has 1 amide bonds. The molecule has 0 aromatic heterocycles. The van der Waals surface area contributed by atoms with Crippen LogP contribution in [0.2, 0.25) is 5.02 Å². The third-order valence-electron chi connectivity index (χ3n) is 9.25. The van der Waals surface area contributed by atoms with E-state index in [0.29, 0.717) is 31.0 Å². The average molecular weight is 567 g/mol. The van der Waals surface area contributed by atoms with Crippen molar-refractivity contribution in [2.24, 2.45) is 11.8 Å². The summed E-state index contributed by atoms with van der Waals surface area (Å²) in [4.78, 5) is 28.6. The van der Waals surface area contributed by atoms with E-state index in [4.69, 9.17) is 16.3 Å². The molecule has 1 saturated carbocycles. The van der Waals surface area contributed by atoms with Gasteiger partial charge in [0.2, 0.25) is 5.91 Å². The van der Waals surface area contributed by atoms with Gasteiger partial charge < -0.3 is 24.7 Å². The van der Waals surface area contributed by atoms with E-state index in [1.54, 1.807) is 26.2 Å². The zero-order chi connectivity index (χ0) is 28.6. The maximum Gasteiger partial charge on any atom is 0.311 e. The minimum Gasteiger partial charge on any atom is -0.490 e. The number of fused-ring (bicyclic) bond motifs is 3. The minimum absolute atomic E-state index is 0.115. The van der Waals surface area contributed by atoms with Gasteiger partial charge in [0.1, 0.15) is 5.75 Å². The van der Waals surface area contributed by atoms with E-state index in [1.807, 2.05) is 18.2 Å². The predicted octanol–water partition coefficient (Wildman–Crippen LogP) is 5.03. The van der Waals surface area contributed by atoms with Gasteiger partial charge in [0.25, 0.3) is 0 Å². The molecule has 2 aromatic carbocycles. The van der Waals surface area contributed by atoms with Gasteiger partial charge in [-0.25, -0.2) is 0 Å². The molecule has 1 spiro atoms. The van der Waals surface area contributed by atoms with Gasteiger partial charge in [-0.1, -0.05) is 29.8 Å². The summed E-state index contributed by atoms with van der Waals surface area (Å²) in [6.07, 6.45) is 5.90. The molecule has 1 fully saturated rings. The van der Waals surface area contributed by atoms with Crippen LogP contribution in [0.3, 0.4) is 0 Å². The molecule has 0 bridgehead atoms. The van der Waals surface area contributed by atoms with Gasteiger partial charge in [0.15, 0.2) is 0 Å². The number of carbonyl (C=O) groups is 2. The summed E-state index contributed by atoms with van der Waals surface area (Å²) < 4.78 is 6.54. The van der Waals surface area contributed by atoms with Crippen LogP contribution in [0.1, 0.15) is 54.7 Å². The van der Waals surface area contributed by atoms with Crippen LogP contribution < -0.4 is 9.64 Å². The average Bonchev–Trinajstić information content (AvgIpc) is 3.06. The Morgan fingerprint density at radius 3 is 2.73 bits per heavy atom. The topological polar surface area (TPSA) is 90.3 Å². The van der Waals surface area contributed by atoms with Crippen LogP contribution in [-0.4, -0.2) is 66.9 Å². The summed E-state index contributed by atoms with van der Waals surface area (Å²) in [7, 11) is 3.27. The zero-order valence-electron chi connectivity index (χ0n) is 23.3. The Bertz CT molecular complexity index is 1300. The van der Waals surface area contributed by atoms with Crippen molar-refractivity contribution in [3.05, 3.63) is 70.8 Å². The van der Waals surface area contributed by atoms with Crippen molar-refractivity contribution in [3.63, 3.8) is 0 Å². The van der Waals surface area contributed by atoms with Crippen LogP contribution in [0.25, 0.3) is 0 Å². The number of hydrogen-bond donors (Lipinski definition) is 2. The smallest absolute Gasteiger partial charge is 0.311 e. The molecule has 5 atom stereocenters. The van der Waals surface area contributed by atoms with E-state index in [1.165, 1.54) is 16.0 Å². The van der Waals surface area contributed by atoms with Crippen LogP contribution in [-0.2, 0) is 21.4 Å². The Hall–Kier alpha value is -3.03. The monoisotopic (exact) mass is 566 g/mol. The lowest BCUT2D eigenvalue weighted by molar-refractivity contribution is -0.142. The molecule has 1 heterocycles. The first kappa shape index (κ1) is 28.5. The van der Waals surface area contributed by atoms with Crippen LogP contribution in [0.5, 0.6) is 5.75 Å². The van der Waals surface area contributed by atoms with Gasteiger partial charge in [-0.2, -0.15) is 0 Å². The quantitative estimate of drug-likeness (QED) is 0.436. The van der Waals surface area contributed by atoms with Crippen molar-refractivity contribution in [1.29, 1.82) is 0 Å². The number of amides is 1. The van der Waals surface area contributed by atoms with Crippen molar-refractivity contribution >= 4 is 29.2 Å². The molecule has 214 valence electrons. The van der Waals surface area contributed by atoms with E-state index >= 15 is 0 Å². The second kappa shape index (κ2) is 11.5. The van der Waals surface area contributed by atoms with E-state index in [9.17, 15) is 19.8 Å². The molecule has 7 nitrogen and oxygen atoms in total. The SMILES string of the molecule is C=C[C@H](O)[C@@H]1CC[C@H]1CN1C[C@@]2(CCCc3cc(Cl)ccc32)COc2ccc([C@H](CC(=O)N(C)C)C(=O)O)cc21. The van der Waals surface area contributed by atoms with Crippen molar-refractivity contribution in [1.82, 2.24) is 4.90 Å². The summed E-state index contributed by atoms with van der Waals surface area (Å²) >= 11 is 6.37. The Labute approximate surface area is 241 Å². The highest BCUT2D eigenvalue weighted by Gasteiger charge is 2.44. The molecule has 40 heavy (non-hydrogen) atoms. The van der Waals surface area contributed by atoms with Crippen LogP contribution in [0, 0.1) is 11.8 Å². The van der Waals surface area contributed by atoms with Crippen LogP contribution >= 0.6 is 11.6 Å². The fourth-order valence-electron chi connectivity index (χ4n) is 6.78. The first-order valence-corrected chi connectivity index (χ1v) is 14.5. The molecule has 3 aliphatic rings. The number of rotatable bonds is 8. The number of aliphatic hydroxyl groups is 1. The number of carboxylic acid groups (broad SMARTS) is 1. The fraction of sp³-hybridized carbons (Fsp3) is 0.500. The number of carboxylic acids is 1. The number of aliphatic hydroxyl groups excluding tert-OH is 1. The molecule has 2 aromatic rings. The lowest BCUT2D eigenvalue weighted by Crippen LogP contribution is -2.49. The lowest BCUT2D eigenvalue weighted by atomic mass is 9.68. The third-order valence-corrected chi connectivity index (χ3v) is 9.49. The van der Waals surface area contributed by atoms with E-state index in [-0.39, 0.29) is 29.6 Å². The van der Waals surface area contributed by atoms with Gasteiger partial charge in [-0.15, -0.1) is 6.58 Å². The molecule has 2 N–H and O–H groups in total. The number of nitrogens with zero attached hydrogens (tertiary/aromatic N) is 2. The van der Waals surface area contributed by atoms with Gasteiger partial charge in [-0.05, 0) is 84.9 Å². The van der Waals surface area contributed by atoms with E-state index in [0.717, 1.165) is 42.8 Å². The summed E-state index contributed by atoms with van der Waals surface area (Å²) in [6.45, 7) is 5.73. The van der Waals surface area contributed by atoms with Crippen molar-refractivity contribution in [3.8, 4) is 5.75 Å². The summed E-state index contributed by atoms with van der Waals surface area (Å²) in [5, 5.41) is 21.4. The molecular formula is C32H39ClN2O5. The first-order valence-electron chi connectivity index (χ1n) is 14.2. The molecule has 0 unspecified atom stereocenters. The third kappa shape index (κ3) is 5.46. The maximum absolute atomic E-state index is 12.5. The molecule has 2 aliphatic carbocycles. The van der Waals surface area contributed by atoms with Crippen molar-refractivity contribution in [2.45, 2.75) is 56.0 Å². The Balaban J connectivity index is 1.55. The molecule has 5 rings (SSSR count).